The number of benzene rings is 1. The SMILES string of the molecule is Nc1ncnc2c1c(C#Cc1cccc(C(=O)CCC3CC3)c1)cn2CC(F)(F)F. The number of nitrogens with zero attached hydrogens (tertiary/aromatic N) is 3. The third kappa shape index (κ3) is 4.62. The molecule has 0 aliphatic heterocycles. The van der Waals surface area contributed by atoms with E-state index in [2.05, 4.69) is 21.8 Å². The number of carbonyl (C=O) groups excluding carboxylic acids is 1. The first-order valence-corrected chi connectivity index (χ1v) is 9.61. The molecule has 2 N–H and O–H groups in total. The summed E-state index contributed by atoms with van der Waals surface area (Å²) in [6, 6.07) is 6.95. The van der Waals surface area contributed by atoms with E-state index < -0.39 is 12.7 Å². The Morgan fingerprint density at radius 1 is 1.23 bits per heavy atom. The molecule has 30 heavy (non-hydrogen) atoms. The Hall–Kier alpha value is -3.34. The molecular formula is C22H19F3N4O. The van der Waals surface area contributed by atoms with Crippen LogP contribution in [-0.4, -0.2) is 26.5 Å². The van der Waals surface area contributed by atoms with Gasteiger partial charge in [-0.15, -0.1) is 0 Å². The molecule has 2 aromatic heterocycles. The lowest BCUT2D eigenvalue weighted by Crippen LogP contribution is -2.17. The van der Waals surface area contributed by atoms with E-state index in [1.165, 1.54) is 19.0 Å². The number of alkyl halides is 3. The lowest BCUT2D eigenvalue weighted by molar-refractivity contribution is -0.139. The number of hydrogen-bond donors (Lipinski definition) is 1. The van der Waals surface area contributed by atoms with Crippen LogP contribution in [-0.2, 0) is 6.54 Å². The number of hydrogen-bond acceptors (Lipinski definition) is 4. The predicted molar refractivity (Wildman–Crippen MR) is 107 cm³/mol. The van der Waals surface area contributed by atoms with E-state index in [1.807, 2.05) is 0 Å². The van der Waals surface area contributed by atoms with Gasteiger partial charge in [0.05, 0.1) is 10.9 Å². The highest BCUT2D eigenvalue weighted by molar-refractivity contribution is 5.96. The third-order valence-corrected chi connectivity index (χ3v) is 5.04. The van der Waals surface area contributed by atoms with Gasteiger partial charge < -0.3 is 10.3 Å². The van der Waals surface area contributed by atoms with Gasteiger partial charge in [-0.25, -0.2) is 9.97 Å². The minimum absolute atomic E-state index is 0.0641. The number of nitrogens with two attached hydrogens (primary N) is 1. The molecule has 2 heterocycles. The van der Waals surface area contributed by atoms with Crippen LogP contribution >= 0.6 is 0 Å². The summed E-state index contributed by atoms with van der Waals surface area (Å²) in [4.78, 5) is 20.2. The largest absolute Gasteiger partial charge is 0.406 e. The van der Waals surface area contributed by atoms with Crippen molar-refractivity contribution in [1.82, 2.24) is 14.5 Å². The zero-order valence-electron chi connectivity index (χ0n) is 16.0. The molecule has 154 valence electrons. The van der Waals surface area contributed by atoms with Crippen LogP contribution in [0.15, 0.2) is 36.8 Å². The smallest absolute Gasteiger partial charge is 0.383 e. The molecule has 5 nitrogen and oxygen atoms in total. The molecule has 0 unspecified atom stereocenters. The molecule has 1 fully saturated rings. The maximum Gasteiger partial charge on any atom is 0.406 e. The molecule has 1 aromatic carbocycles. The van der Waals surface area contributed by atoms with Gasteiger partial charge in [0.1, 0.15) is 24.3 Å². The highest BCUT2D eigenvalue weighted by Gasteiger charge is 2.29. The number of carbonyl (C=O) groups is 1. The molecule has 1 aliphatic rings. The van der Waals surface area contributed by atoms with Crippen molar-refractivity contribution in [1.29, 1.82) is 0 Å². The van der Waals surface area contributed by atoms with Crippen molar-refractivity contribution in [2.45, 2.75) is 38.4 Å². The highest BCUT2D eigenvalue weighted by atomic mass is 19.4. The summed E-state index contributed by atoms with van der Waals surface area (Å²) in [5.74, 6) is 6.61. The molecule has 8 heteroatoms. The second-order valence-electron chi connectivity index (χ2n) is 7.48. The third-order valence-electron chi connectivity index (χ3n) is 5.04. The van der Waals surface area contributed by atoms with E-state index in [-0.39, 0.29) is 22.6 Å². The van der Waals surface area contributed by atoms with Crippen molar-refractivity contribution in [3.63, 3.8) is 0 Å². The van der Waals surface area contributed by atoms with Crippen LogP contribution in [0.25, 0.3) is 11.0 Å². The second kappa shape index (κ2) is 7.82. The Morgan fingerprint density at radius 2 is 2.03 bits per heavy atom. The molecular weight excluding hydrogens is 393 g/mol. The van der Waals surface area contributed by atoms with Crippen molar-refractivity contribution in [3.8, 4) is 11.8 Å². The number of fused-ring (bicyclic) bond motifs is 1. The number of rotatable bonds is 5. The topological polar surface area (TPSA) is 73.8 Å². The Balaban J connectivity index is 1.64. The molecule has 0 amide bonds. The highest BCUT2D eigenvalue weighted by Crippen LogP contribution is 2.34. The van der Waals surface area contributed by atoms with Gasteiger partial charge in [-0.3, -0.25) is 4.79 Å². The van der Waals surface area contributed by atoms with Crippen LogP contribution in [0.3, 0.4) is 0 Å². The van der Waals surface area contributed by atoms with Gasteiger partial charge in [0.25, 0.3) is 0 Å². The Bertz CT molecular complexity index is 1170. The second-order valence-corrected chi connectivity index (χ2v) is 7.48. The van der Waals surface area contributed by atoms with E-state index >= 15 is 0 Å². The Kier molecular flexibility index (Phi) is 5.20. The zero-order chi connectivity index (χ0) is 21.3. The maximum absolute atomic E-state index is 12.9. The van der Waals surface area contributed by atoms with Crippen LogP contribution in [0.2, 0.25) is 0 Å². The summed E-state index contributed by atoms with van der Waals surface area (Å²) >= 11 is 0. The van der Waals surface area contributed by atoms with Crippen LogP contribution in [0.5, 0.6) is 0 Å². The standard InChI is InChI=1S/C22H19F3N4O/c23-22(24,25)12-29-11-17(19-20(26)27-13-28-21(19)29)8-6-15-2-1-3-16(10-15)18(30)9-7-14-4-5-14/h1-3,10-11,13-14H,4-5,7,9,12H2,(H2,26,27,28). The van der Waals surface area contributed by atoms with Crippen LogP contribution in [0.4, 0.5) is 19.0 Å². The molecule has 0 bridgehead atoms. The number of ketones is 1. The molecule has 3 aromatic rings. The normalized spacial score (nSPS) is 13.8. The predicted octanol–water partition coefficient (Wildman–Crippen LogP) is 4.35. The minimum Gasteiger partial charge on any atom is -0.383 e. The summed E-state index contributed by atoms with van der Waals surface area (Å²) < 4.78 is 39.7. The van der Waals surface area contributed by atoms with Crippen LogP contribution in [0, 0.1) is 17.8 Å². The number of nitrogen functional groups attached to an aromatic ring is 1. The monoisotopic (exact) mass is 412 g/mol. The average molecular weight is 412 g/mol. The fourth-order valence-electron chi connectivity index (χ4n) is 3.35. The molecule has 0 atom stereocenters. The summed E-state index contributed by atoms with van der Waals surface area (Å²) in [7, 11) is 0. The number of anilines is 1. The average Bonchev–Trinajstić information content (AvgIpc) is 3.46. The van der Waals surface area contributed by atoms with Gasteiger partial charge in [0, 0.05) is 23.7 Å². The first-order chi connectivity index (χ1) is 14.3. The first-order valence-electron chi connectivity index (χ1n) is 9.61. The molecule has 1 saturated carbocycles. The van der Waals surface area contributed by atoms with E-state index in [0.29, 0.717) is 29.0 Å². The summed E-state index contributed by atoms with van der Waals surface area (Å²) in [5, 5.41) is 0.283. The van der Waals surface area contributed by atoms with Crippen molar-refractivity contribution in [3.05, 3.63) is 53.5 Å². The molecule has 0 radical (unpaired) electrons. The van der Waals surface area contributed by atoms with Gasteiger partial charge in [-0.1, -0.05) is 36.8 Å². The van der Waals surface area contributed by atoms with Crippen LogP contribution in [0.1, 0.15) is 47.2 Å². The summed E-state index contributed by atoms with van der Waals surface area (Å²) in [6.45, 7) is -1.20. The van der Waals surface area contributed by atoms with E-state index in [1.54, 1.807) is 24.3 Å². The minimum atomic E-state index is -4.41. The molecule has 1 aliphatic carbocycles. The molecule has 0 spiro atoms. The lowest BCUT2D eigenvalue weighted by Gasteiger charge is -2.07. The van der Waals surface area contributed by atoms with Gasteiger partial charge in [-0.2, -0.15) is 13.2 Å². The number of aromatic nitrogens is 3. The van der Waals surface area contributed by atoms with Gasteiger partial charge in [0.2, 0.25) is 0 Å². The van der Waals surface area contributed by atoms with E-state index in [4.69, 9.17) is 5.73 Å². The number of Topliss-reactive ketones (excluding diaryl/α,β-unsaturated/α-hetero) is 1. The Morgan fingerprint density at radius 3 is 2.77 bits per heavy atom. The lowest BCUT2D eigenvalue weighted by atomic mass is 10.0. The van der Waals surface area contributed by atoms with E-state index in [9.17, 15) is 18.0 Å². The van der Waals surface area contributed by atoms with Crippen molar-refractivity contribution in [2.24, 2.45) is 5.92 Å². The van der Waals surface area contributed by atoms with Crippen molar-refractivity contribution in [2.75, 3.05) is 5.73 Å². The van der Waals surface area contributed by atoms with Crippen molar-refractivity contribution < 1.29 is 18.0 Å². The van der Waals surface area contributed by atoms with Crippen molar-refractivity contribution >= 4 is 22.6 Å². The first kappa shape index (κ1) is 20.0. The Labute approximate surface area is 171 Å². The number of halogens is 3. The maximum atomic E-state index is 12.9. The fourth-order valence-corrected chi connectivity index (χ4v) is 3.35. The van der Waals surface area contributed by atoms with Gasteiger partial charge in [0.15, 0.2) is 5.78 Å². The van der Waals surface area contributed by atoms with Gasteiger partial charge >= 0.3 is 6.18 Å². The quantitative estimate of drug-likeness (QED) is 0.500. The van der Waals surface area contributed by atoms with E-state index in [0.717, 1.165) is 17.3 Å². The summed E-state index contributed by atoms with van der Waals surface area (Å²) in [6.07, 6.45) is 1.82. The fraction of sp³-hybridized carbons (Fsp3) is 0.318. The summed E-state index contributed by atoms with van der Waals surface area (Å²) in [5.41, 5.74) is 7.44. The zero-order valence-corrected chi connectivity index (χ0v) is 16.0. The molecule has 0 saturated heterocycles. The van der Waals surface area contributed by atoms with Gasteiger partial charge in [-0.05, 0) is 24.5 Å². The van der Waals surface area contributed by atoms with Crippen LogP contribution < -0.4 is 5.73 Å². The molecule has 4 rings (SSSR count).